The Kier molecular flexibility index (Phi) is 9.82. The van der Waals surface area contributed by atoms with Gasteiger partial charge in [0, 0.05) is 92.7 Å². The molecular weight excluding hydrogens is 903 g/mol. The van der Waals surface area contributed by atoms with Gasteiger partial charge in [-0.05, 0) is 139 Å². The fourth-order valence-corrected chi connectivity index (χ4v) is 12.8. The van der Waals surface area contributed by atoms with E-state index in [1.165, 1.54) is 73.9 Å². The van der Waals surface area contributed by atoms with Crippen molar-refractivity contribution in [1.82, 2.24) is 19.1 Å². The summed E-state index contributed by atoms with van der Waals surface area (Å²) in [7, 11) is 0. The number of aromatic nitrogens is 4. The van der Waals surface area contributed by atoms with Crippen LogP contribution in [0.25, 0.3) is 108 Å². The van der Waals surface area contributed by atoms with Crippen molar-refractivity contribution in [2.24, 2.45) is 0 Å². The number of pyridine rings is 2. The van der Waals surface area contributed by atoms with E-state index in [1.54, 1.807) is 0 Å². The Morgan fingerprint density at radius 2 is 0.817 bits per heavy atom. The van der Waals surface area contributed by atoms with Gasteiger partial charge in [-0.2, -0.15) is 0 Å². The maximum absolute atomic E-state index is 4.66. The highest BCUT2D eigenvalue weighted by atomic mass is 32.1. The molecule has 6 heterocycles. The number of rotatable bonds is 9. The molecule has 14 aromatic rings. The van der Waals surface area contributed by atoms with E-state index in [1.807, 2.05) is 59.3 Å². The second-order valence-electron chi connectivity index (χ2n) is 17.8. The summed E-state index contributed by atoms with van der Waals surface area (Å²) in [6, 6.07) is 85.3. The van der Waals surface area contributed by atoms with Crippen LogP contribution in [-0.2, 0) is 0 Å². The van der Waals surface area contributed by atoms with Crippen LogP contribution < -0.4 is 4.90 Å². The van der Waals surface area contributed by atoms with Gasteiger partial charge in [-0.25, -0.2) is 0 Å². The molecule has 0 fully saturated rings. The maximum atomic E-state index is 4.66. The Morgan fingerprint density at radius 3 is 1.41 bits per heavy atom. The van der Waals surface area contributed by atoms with E-state index in [4.69, 9.17) is 0 Å². The number of anilines is 3. The summed E-state index contributed by atoms with van der Waals surface area (Å²) in [5, 5.41) is 5.00. The minimum absolute atomic E-state index is 0.939. The summed E-state index contributed by atoms with van der Waals surface area (Å²) in [4.78, 5) is 14.2. The zero-order valence-corrected chi connectivity index (χ0v) is 39.9. The van der Waals surface area contributed by atoms with Crippen molar-refractivity contribution in [1.29, 1.82) is 0 Å². The molecule has 0 saturated heterocycles. The number of para-hydroxylation sites is 3. The number of thiophene rings is 2. The molecule has 14 rings (SSSR count). The third kappa shape index (κ3) is 7.13. The van der Waals surface area contributed by atoms with Crippen LogP contribution in [0.5, 0.6) is 0 Å². The predicted molar refractivity (Wildman–Crippen MR) is 300 cm³/mol. The van der Waals surface area contributed by atoms with Crippen LogP contribution in [0.4, 0.5) is 17.1 Å². The molecular formula is C64H41N5S2. The quantitative estimate of drug-likeness (QED) is 0.145. The van der Waals surface area contributed by atoms with E-state index >= 15 is 0 Å². The number of hydrogen-bond acceptors (Lipinski definition) is 5. The molecule has 71 heavy (non-hydrogen) atoms. The minimum atomic E-state index is 0.939. The third-order valence-corrected chi connectivity index (χ3v) is 16.0. The van der Waals surface area contributed by atoms with Gasteiger partial charge in [-0.1, -0.05) is 109 Å². The fourth-order valence-electron chi connectivity index (χ4n) is 10.4. The SMILES string of the molecule is c1ccc(-n2c3ccccc3c3cc4c5cc(-c6cc7sc(-c8ccc(N(c9cccc(-c%10ccccn%10)c9)c9cccc(-c%10ccccn%10)c9)cc8)cc7s6)ccc5n(-c5ccccc5)c4cc32)cc1. The lowest BCUT2D eigenvalue weighted by molar-refractivity contribution is 1.16. The normalized spacial score (nSPS) is 11.7. The van der Waals surface area contributed by atoms with Crippen molar-refractivity contribution in [2.45, 2.75) is 0 Å². The van der Waals surface area contributed by atoms with Gasteiger partial charge in [0.15, 0.2) is 0 Å². The molecule has 5 nitrogen and oxygen atoms in total. The molecule has 0 aliphatic carbocycles. The second-order valence-corrected chi connectivity index (χ2v) is 20.0. The Balaban J connectivity index is 0.834. The Morgan fingerprint density at radius 1 is 0.310 bits per heavy atom. The first kappa shape index (κ1) is 41.1. The molecule has 6 aromatic heterocycles. The molecule has 0 saturated carbocycles. The Labute approximate surface area is 418 Å². The Hall–Kier alpha value is -8.88. The molecule has 0 aliphatic rings. The third-order valence-electron chi connectivity index (χ3n) is 13.6. The summed E-state index contributed by atoms with van der Waals surface area (Å²) in [5.41, 5.74) is 16.7. The van der Waals surface area contributed by atoms with Gasteiger partial charge in [0.1, 0.15) is 0 Å². The van der Waals surface area contributed by atoms with Crippen LogP contribution in [0.2, 0.25) is 0 Å². The molecule has 0 N–H and O–H groups in total. The molecule has 0 unspecified atom stereocenters. The smallest absolute Gasteiger partial charge is 0.0702 e. The summed E-state index contributed by atoms with van der Waals surface area (Å²) in [6.07, 6.45) is 3.69. The molecule has 334 valence electrons. The average molecular weight is 944 g/mol. The first-order chi connectivity index (χ1) is 35.2. The van der Waals surface area contributed by atoms with Crippen molar-refractivity contribution in [3.63, 3.8) is 0 Å². The number of nitrogens with zero attached hydrogens (tertiary/aromatic N) is 5. The van der Waals surface area contributed by atoms with E-state index in [-0.39, 0.29) is 0 Å². The maximum Gasteiger partial charge on any atom is 0.0702 e. The summed E-state index contributed by atoms with van der Waals surface area (Å²) in [6.45, 7) is 0. The highest BCUT2D eigenvalue weighted by Gasteiger charge is 2.21. The van der Waals surface area contributed by atoms with Crippen molar-refractivity contribution in [3.05, 3.63) is 249 Å². The van der Waals surface area contributed by atoms with Crippen molar-refractivity contribution in [3.8, 4) is 54.8 Å². The van der Waals surface area contributed by atoms with Gasteiger partial charge >= 0.3 is 0 Å². The largest absolute Gasteiger partial charge is 0.310 e. The van der Waals surface area contributed by atoms with Gasteiger partial charge in [0.2, 0.25) is 0 Å². The molecule has 8 aromatic carbocycles. The highest BCUT2D eigenvalue weighted by molar-refractivity contribution is 7.31. The van der Waals surface area contributed by atoms with Crippen LogP contribution in [0, 0.1) is 0 Å². The lowest BCUT2D eigenvalue weighted by Crippen LogP contribution is -2.10. The molecule has 0 aliphatic heterocycles. The van der Waals surface area contributed by atoms with Gasteiger partial charge in [-0.15, -0.1) is 22.7 Å². The molecule has 0 bridgehead atoms. The van der Waals surface area contributed by atoms with Crippen LogP contribution >= 0.6 is 22.7 Å². The lowest BCUT2D eigenvalue weighted by atomic mass is 10.1. The first-order valence-electron chi connectivity index (χ1n) is 23.8. The van der Waals surface area contributed by atoms with Crippen LogP contribution in [-0.4, -0.2) is 19.1 Å². The fraction of sp³-hybridized carbons (Fsp3) is 0. The zero-order chi connectivity index (χ0) is 46.8. The van der Waals surface area contributed by atoms with Crippen molar-refractivity contribution in [2.75, 3.05) is 4.90 Å². The molecule has 0 atom stereocenters. The van der Waals surface area contributed by atoms with Gasteiger partial charge in [0.05, 0.1) is 33.5 Å². The standard InChI is InChI=1S/C64H41N5S2/c1-3-17-46(18-4-1)68-57-26-8-7-23-51(57)53-38-54-52-37-45(29-32-58(52)69(60(54)39-59(53)68)47-19-5-2-6-20-47)62-41-64-63(71-62)40-61(70-64)42-27-30-48(31-28-42)67(49-21-13-15-43(35-49)55-24-9-11-33-65-55)50-22-14-16-44(36-50)56-25-10-12-34-66-56/h1-41H. The monoisotopic (exact) mass is 943 g/mol. The molecule has 7 heteroatoms. The molecule has 0 amide bonds. The van der Waals surface area contributed by atoms with Crippen LogP contribution in [0.15, 0.2) is 249 Å². The van der Waals surface area contributed by atoms with Gasteiger partial charge < -0.3 is 14.0 Å². The van der Waals surface area contributed by atoms with Gasteiger partial charge in [-0.3, -0.25) is 9.97 Å². The molecule has 0 radical (unpaired) electrons. The summed E-state index contributed by atoms with van der Waals surface area (Å²) >= 11 is 3.73. The van der Waals surface area contributed by atoms with Crippen LogP contribution in [0.3, 0.4) is 0 Å². The Bertz CT molecular complexity index is 4150. The van der Waals surface area contributed by atoms with Crippen LogP contribution in [0.1, 0.15) is 0 Å². The number of benzene rings is 8. The zero-order valence-electron chi connectivity index (χ0n) is 38.2. The van der Waals surface area contributed by atoms with E-state index < -0.39 is 0 Å². The average Bonchev–Trinajstić information content (AvgIpc) is 4.20. The van der Waals surface area contributed by atoms with E-state index in [2.05, 4.69) is 236 Å². The summed E-state index contributed by atoms with van der Waals surface area (Å²) in [5.74, 6) is 0. The predicted octanol–water partition coefficient (Wildman–Crippen LogP) is 18.1. The van der Waals surface area contributed by atoms with Crippen molar-refractivity contribution >= 4 is 92.7 Å². The van der Waals surface area contributed by atoms with Gasteiger partial charge in [0.25, 0.3) is 0 Å². The first-order valence-corrected chi connectivity index (χ1v) is 25.4. The van der Waals surface area contributed by atoms with E-state index in [0.717, 1.165) is 51.0 Å². The van der Waals surface area contributed by atoms with Crippen molar-refractivity contribution < 1.29 is 0 Å². The second kappa shape index (κ2) is 17.0. The summed E-state index contributed by atoms with van der Waals surface area (Å²) < 4.78 is 7.44. The highest BCUT2D eigenvalue weighted by Crippen LogP contribution is 2.46. The molecule has 0 spiro atoms. The van der Waals surface area contributed by atoms with E-state index in [0.29, 0.717) is 0 Å². The lowest BCUT2D eigenvalue weighted by Gasteiger charge is -2.26. The topological polar surface area (TPSA) is 38.9 Å². The minimum Gasteiger partial charge on any atom is -0.310 e. The van der Waals surface area contributed by atoms with E-state index in [9.17, 15) is 0 Å². The number of fused-ring (bicyclic) bond motifs is 7. The number of hydrogen-bond donors (Lipinski definition) is 0.